The molecule has 0 saturated heterocycles. The van der Waals surface area contributed by atoms with Gasteiger partial charge in [0.2, 0.25) is 5.88 Å². The molecular formula is C23H18FN5O2. The number of amides is 1. The van der Waals surface area contributed by atoms with Gasteiger partial charge in [0.05, 0.1) is 23.2 Å². The number of hydrogen-bond acceptors (Lipinski definition) is 5. The molecule has 0 saturated carbocycles. The van der Waals surface area contributed by atoms with E-state index in [0.29, 0.717) is 22.9 Å². The molecule has 0 aliphatic heterocycles. The van der Waals surface area contributed by atoms with Crippen LogP contribution in [-0.4, -0.2) is 26.9 Å². The zero-order valence-corrected chi connectivity index (χ0v) is 16.6. The normalized spacial score (nSPS) is 10.9. The molecule has 7 nitrogen and oxygen atoms in total. The van der Waals surface area contributed by atoms with E-state index in [4.69, 9.17) is 4.74 Å². The first-order valence-corrected chi connectivity index (χ1v) is 9.45. The summed E-state index contributed by atoms with van der Waals surface area (Å²) in [6, 6.07) is 20.1. The minimum atomic E-state index is -0.439. The van der Waals surface area contributed by atoms with Gasteiger partial charge in [-0.15, -0.1) is 0 Å². The number of ether oxygens (including phenoxy) is 1. The van der Waals surface area contributed by atoms with E-state index in [-0.39, 0.29) is 11.5 Å². The van der Waals surface area contributed by atoms with E-state index >= 15 is 0 Å². The molecule has 31 heavy (non-hydrogen) atoms. The lowest BCUT2D eigenvalue weighted by atomic mass is 10.2. The first kappa shape index (κ1) is 20.0. The van der Waals surface area contributed by atoms with Gasteiger partial charge in [-0.2, -0.15) is 14.9 Å². The maximum Gasteiger partial charge on any atom is 0.289 e. The summed E-state index contributed by atoms with van der Waals surface area (Å²) in [6.07, 6.45) is 2.99. The Balaban J connectivity index is 1.66. The van der Waals surface area contributed by atoms with Crippen molar-refractivity contribution in [1.82, 2.24) is 20.2 Å². The van der Waals surface area contributed by atoms with Crippen LogP contribution in [-0.2, 0) is 0 Å². The van der Waals surface area contributed by atoms with Crippen molar-refractivity contribution in [2.75, 3.05) is 0 Å². The Morgan fingerprint density at radius 2 is 1.81 bits per heavy atom. The first-order chi connectivity index (χ1) is 15.1. The topological polar surface area (TPSA) is 81.4 Å². The summed E-state index contributed by atoms with van der Waals surface area (Å²) >= 11 is 0. The number of hydrogen-bond donors (Lipinski definition) is 1. The molecule has 0 unspecified atom stereocenters. The molecule has 0 spiro atoms. The van der Waals surface area contributed by atoms with Crippen molar-refractivity contribution in [2.24, 2.45) is 5.10 Å². The molecule has 0 aliphatic rings. The molecule has 0 radical (unpaired) electrons. The molecule has 0 bridgehead atoms. The average Bonchev–Trinajstić information content (AvgIpc) is 3.11. The molecule has 2 aromatic carbocycles. The molecule has 154 valence electrons. The number of carbonyl (C=O) groups excluding carboxylic acids is 1. The molecule has 1 amide bonds. The third-order valence-electron chi connectivity index (χ3n) is 4.35. The molecule has 2 aromatic heterocycles. The summed E-state index contributed by atoms with van der Waals surface area (Å²) in [7, 11) is 0. The van der Waals surface area contributed by atoms with Crippen LogP contribution >= 0.6 is 0 Å². The van der Waals surface area contributed by atoms with Gasteiger partial charge >= 0.3 is 0 Å². The highest BCUT2D eigenvalue weighted by Crippen LogP contribution is 2.29. The van der Waals surface area contributed by atoms with Gasteiger partial charge in [0.25, 0.3) is 5.91 Å². The molecule has 4 rings (SSSR count). The van der Waals surface area contributed by atoms with Crippen molar-refractivity contribution in [3.05, 3.63) is 102 Å². The number of rotatable bonds is 6. The Morgan fingerprint density at radius 1 is 1.06 bits per heavy atom. The molecule has 0 aliphatic carbocycles. The number of aryl methyl sites for hydroxylation is 1. The van der Waals surface area contributed by atoms with Gasteiger partial charge in [-0.05, 0) is 55.5 Å². The number of benzene rings is 2. The SMILES string of the molecule is Cc1nn(-c2ccccc2)c(Oc2ccc(F)cc2)c1/C=N\NC(=O)c1ccccn1. The highest BCUT2D eigenvalue weighted by molar-refractivity contribution is 5.93. The molecule has 4 aromatic rings. The largest absolute Gasteiger partial charge is 0.438 e. The zero-order chi connectivity index (χ0) is 21.6. The summed E-state index contributed by atoms with van der Waals surface area (Å²) in [5.74, 6) is 0.0156. The van der Waals surface area contributed by atoms with Crippen LogP contribution in [0.25, 0.3) is 5.69 Å². The fraction of sp³-hybridized carbons (Fsp3) is 0.0435. The number of pyridine rings is 1. The quantitative estimate of drug-likeness (QED) is 0.377. The van der Waals surface area contributed by atoms with E-state index < -0.39 is 5.91 Å². The fourth-order valence-corrected chi connectivity index (χ4v) is 2.83. The summed E-state index contributed by atoms with van der Waals surface area (Å²) in [5, 5.41) is 8.60. The fourth-order valence-electron chi connectivity index (χ4n) is 2.83. The van der Waals surface area contributed by atoms with Crippen molar-refractivity contribution >= 4 is 12.1 Å². The number of carbonyl (C=O) groups is 1. The standard InChI is InChI=1S/C23H18FN5O2/c1-16-20(15-26-27-22(30)21-9-5-6-14-25-21)23(31-19-12-10-17(24)11-13-19)29(28-16)18-7-3-2-4-8-18/h2-15H,1H3,(H,27,30)/b26-15-. The van der Waals surface area contributed by atoms with Gasteiger partial charge in [-0.25, -0.2) is 9.82 Å². The van der Waals surface area contributed by atoms with Gasteiger partial charge in [-0.3, -0.25) is 9.78 Å². The zero-order valence-electron chi connectivity index (χ0n) is 16.6. The summed E-state index contributed by atoms with van der Waals surface area (Å²) in [4.78, 5) is 16.2. The average molecular weight is 415 g/mol. The lowest BCUT2D eigenvalue weighted by Gasteiger charge is -2.10. The van der Waals surface area contributed by atoms with Gasteiger partial charge in [0.15, 0.2) is 0 Å². The minimum absolute atomic E-state index is 0.249. The number of nitrogens with zero attached hydrogens (tertiary/aromatic N) is 4. The third kappa shape index (κ3) is 4.64. The molecule has 2 heterocycles. The molecule has 1 N–H and O–H groups in total. The molecule has 8 heteroatoms. The highest BCUT2D eigenvalue weighted by Gasteiger charge is 2.18. The number of para-hydroxylation sites is 1. The minimum Gasteiger partial charge on any atom is -0.438 e. The number of aromatic nitrogens is 3. The predicted molar refractivity (Wildman–Crippen MR) is 114 cm³/mol. The monoisotopic (exact) mass is 415 g/mol. The van der Waals surface area contributed by atoms with Crippen LogP contribution in [0.3, 0.4) is 0 Å². The van der Waals surface area contributed by atoms with Crippen LogP contribution in [0.2, 0.25) is 0 Å². The van der Waals surface area contributed by atoms with E-state index in [2.05, 4.69) is 20.6 Å². The van der Waals surface area contributed by atoms with Crippen LogP contribution in [0, 0.1) is 12.7 Å². The summed E-state index contributed by atoms with van der Waals surface area (Å²) < 4.78 is 21.0. The van der Waals surface area contributed by atoms with Crippen LogP contribution in [0.15, 0.2) is 84.1 Å². The second kappa shape index (κ2) is 9.00. The lowest BCUT2D eigenvalue weighted by molar-refractivity contribution is 0.0950. The van der Waals surface area contributed by atoms with Gasteiger partial charge < -0.3 is 4.74 Å². The van der Waals surface area contributed by atoms with Crippen LogP contribution in [0.1, 0.15) is 21.7 Å². The van der Waals surface area contributed by atoms with E-state index in [9.17, 15) is 9.18 Å². The second-order valence-electron chi connectivity index (χ2n) is 6.52. The first-order valence-electron chi connectivity index (χ1n) is 9.45. The maximum atomic E-state index is 13.3. The van der Waals surface area contributed by atoms with E-state index in [1.54, 1.807) is 29.8 Å². The molecule has 0 atom stereocenters. The lowest BCUT2D eigenvalue weighted by Crippen LogP contribution is -2.18. The van der Waals surface area contributed by atoms with Crippen molar-refractivity contribution in [2.45, 2.75) is 6.92 Å². The van der Waals surface area contributed by atoms with Crippen molar-refractivity contribution in [1.29, 1.82) is 0 Å². The van der Waals surface area contributed by atoms with Crippen molar-refractivity contribution in [3.8, 4) is 17.3 Å². The van der Waals surface area contributed by atoms with E-state index in [1.807, 2.05) is 30.3 Å². The number of halogens is 1. The smallest absolute Gasteiger partial charge is 0.289 e. The van der Waals surface area contributed by atoms with E-state index in [0.717, 1.165) is 5.69 Å². The van der Waals surface area contributed by atoms with Crippen LogP contribution < -0.4 is 10.2 Å². The summed E-state index contributed by atoms with van der Waals surface area (Å²) in [5.41, 5.74) is 4.68. The number of nitrogens with one attached hydrogen (secondary N) is 1. The Hall–Kier alpha value is -4.33. The van der Waals surface area contributed by atoms with Gasteiger partial charge in [-0.1, -0.05) is 24.3 Å². The van der Waals surface area contributed by atoms with Gasteiger partial charge in [0, 0.05) is 6.20 Å². The molecule has 0 fully saturated rings. The Morgan fingerprint density at radius 3 is 2.52 bits per heavy atom. The summed E-state index contributed by atoms with van der Waals surface area (Å²) in [6.45, 7) is 1.80. The predicted octanol–water partition coefficient (Wildman–Crippen LogP) is 4.27. The third-order valence-corrected chi connectivity index (χ3v) is 4.35. The molecular weight excluding hydrogens is 397 g/mol. The Bertz CT molecular complexity index is 1210. The second-order valence-corrected chi connectivity index (χ2v) is 6.52. The van der Waals surface area contributed by atoms with Crippen LogP contribution in [0.4, 0.5) is 4.39 Å². The maximum absolute atomic E-state index is 13.3. The van der Waals surface area contributed by atoms with Crippen molar-refractivity contribution in [3.63, 3.8) is 0 Å². The van der Waals surface area contributed by atoms with Crippen LogP contribution in [0.5, 0.6) is 11.6 Å². The highest BCUT2D eigenvalue weighted by atomic mass is 19.1. The Labute approximate surface area is 177 Å². The Kier molecular flexibility index (Phi) is 5.79. The number of hydrazone groups is 1. The van der Waals surface area contributed by atoms with Crippen molar-refractivity contribution < 1.29 is 13.9 Å². The van der Waals surface area contributed by atoms with E-state index in [1.165, 1.54) is 36.7 Å². The van der Waals surface area contributed by atoms with Gasteiger partial charge in [0.1, 0.15) is 17.3 Å².